The van der Waals surface area contributed by atoms with E-state index in [1.165, 1.54) is 24.3 Å². The van der Waals surface area contributed by atoms with Crippen molar-refractivity contribution in [2.24, 2.45) is 11.5 Å². The Bertz CT molecular complexity index is 973. The van der Waals surface area contributed by atoms with Gasteiger partial charge in [0.2, 0.25) is 23.6 Å². The molecule has 0 aliphatic rings. The third-order valence-corrected chi connectivity index (χ3v) is 5.22. The highest BCUT2D eigenvalue weighted by atomic mass is 32.1. The minimum atomic E-state index is -1.47. The Balaban J connectivity index is 3.14. The number of carbonyl (C=O) groups excluding carboxylic acids is 4. The van der Waals surface area contributed by atoms with Crippen LogP contribution in [0.15, 0.2) is 24.3 Å². The van der Waals surface area contributed by atoms with Gasteiger partial charge in [-0.25, -0.2) is 4.79 Å². The van der Waals surface area contributed by atoms with E-state index in [0.29, 0.717) is 5.56 Å². The van der Waals surface area contributed by atoms with Crippen LogP contribution < -0.4 is 27.4 Å². The van der Waals surface area contributed by atoms with Gasteiger partial charge in [0, 0.05) is 18.6 Å². The molecule has 0 aromatic heterocycles. The zero-order chi connectivity index (χ0) is 27.4. The first-order valence-corrected chi connectivity index (χ1v) is 11.3. The van der Waals surface area contributed by atoms with Crippen molar-refractivity contribution in [2.75, 3.05) is 5.75 Å². The van der Waals surface area contributed by atoms with Crippen molar-refractivity contribution >= 4 is 48.2 Å². The maximum absolute atomic E-state index is 13.1. The van der Waals surface area contributed by atoms with E-state index in [1.54, 1.807) is 0 Å². The number of hydrogen-bond acceptors (Lipinski definition) is 9. The number of primary amides is 1. The molecule has 0 aliphatic heterocycles. The van der Waals surface area contributed by atoms with E-state index in [2.05, 4.69) is 28.6 Å². The number of nitrogens with two attached hydrogens (primary N) is 2. The van der Waals surface area contributed by atoms with E-state index in [9.17, 15) is 33.9 Å². The third-order valence-electron chi connectivity index (χ3n) is 4.85. The van der Waals surface area contributed by atoms with E-state index < -0.39 is 66.2 Å². The van der Waals surface area contributed by atoms with Gasteiger partial charge < -0.3 is 42.7 Å². The first kappa shape index (κ1) is 30.2. The highest BCUT2D eigenvalue weighted by molar-refractivity contribution is 7.80. The van der Waals surface area contributed by atoms with Gasteiger partial charge in [-0.2, -0.15) is 12.6 Å². The van der Waals surface area contributed by atoms with Crippen LogP contribution in [0, 0.1) is 0 Å². The van der Waals surface area contributed by atoms with Crippen LogP contribution in [-0.2, 0) is 35.2 Å². The second-order valence-electron chi connectivity index (χ2n) is 7.78. The Kier molecular flexibility index (Phi) is 12.2. The molecular formula is C21H29N5O9S. The Hall–Kier alpha value is -3.85. The van der Waals surface area contributed by atoms with Crippen molar-refractivity contribution in [2.45, 2.75) is 49.9 Å². The van der Waals surface area contributed by atoms with Gasteiger partial charge in [0.25, 0.3) is 0 Å². The van der Waals surface area contributed by atoms with Crippen molar-refractivity contribution in [1.82, 2.24) is 16.0 Å². The predicted molar refractivity (Wildman–Crippen MR) is 128 cm³/mol. The van der Waals surface area contributed by atoms with E-state index in [1.807, 2.05) is 0 Å². The second-order valence-corrected chi connectivity index (χ2v) is 8.15. The van der Waals surface area contributed by atoms with Crippen LogP contribution in [0.4, 0.5) is 0 Å². The van der Waals surface area contributed by atoms with E-state index in [-0.39, 0.29) is 30.8 Å². The molecule has 36 heavy (non-hydrogen) atoms. The summed E-state index contributed by atoms with van der Waals surface area (Å²) in [5.74, 6) is -6.56. The molecule has 0 spiro atoms. The molecule has 0 aliphatic carbocycles. The van der Waals surface area contributed by atoms with Gasteiger partial charge >= 0.3 is 11.9 Å². The summed E-state index contributed by atoms with van der Waals surface area (Å²) in [5, 5.41) is 34.4. The van der Waals surface area contributed by atoms with Crippen LogP contribution in [0.3, 0.4) is 0 Å². The van der Waals surface area contributed by atoms with Crippen LogP contribution in [0.2, 0.25) is 0 Å². The van der Waals surface area contributed by atoms with E-state index in [0.717, 1.165) is 0 Å². The average molecular weight is 528 g/mol. The van der Waals surface area contributed by atoms with Gasteiger partial charge in [0.1, 0.15) is 23.9 Å². The van der Waals surface area contributed by atoms with Crippen LogP contribution >= 0.6 is 12.6 Å². The molecule has 4 amide bonds. The molecule has 0 bridgehead atoms. The molecule has 0 saturated carbocycles. The van der Waals surface area contributed by atoms with Crippen molar-refractivity contribution < 1.29 is 44.1 Å². The molecule has 15 heteroatoms. The largest absolute Gasteiger partial charge is 0.508 e. The van der Waals surface area contributed by atoms with Gasteiger partial charge in [-0.1, -0.05) is 12.1 Å². The Morgan fingerprint density at radius 1 is 0.861 bits per heavy atom. The van der Waals surface area contributed by atoms with Crippen molar-refractivity contribution in [3.8, 4) is 5.75 Å². The van der Waals surface area contributed by atoms with Gasteiger partial charge in [0.05, 0.1) is 12.5 Å². The summed E-state index contributed by atoms with van der Waals surface area (Å²) in [5.41, 5.74) is 11.2. The number of hydrogen-bond donors (Lipinski definition) is 9. The molecule has 1 aromatic rings. The lowest BCUT2D eigenvalue weighted by atomic mass is 10.0. The molecule has 0 heterocycles. The minimum absolute atomic E-state index is 0.0485. The molecule has 1 rings (SSSR count). The summed E-state index contributed by atoms with van der Waals surface area (Å²) in [6, 6.07) is 0.0167. The summed E-state index contributed by atoms with van der Waals surface area (Å²) in [6.07, 6.45) is -1.45. The van der Waals surface area contributed by atoms with Crippen LogP contribution in [0.5, 0.6) is 5.75 Å². The monoisotopic (exact) mass is 527 g/mol. The standard InChI is InChI=1S/C21H29N5O9S/c22-12(8-17(29)30)18(31)25-14(7-10-1-3-11(27)4-2-10)20(33)24-13(5-6-16(23)28)19(32)26-15(9-36)21(34)35/h1-4,12-15,27,36H,5-9,22H2,(H2,23,28)(H,24,33)(H,25,31)(H,26,32)(H,29,30)(H,34,35). The molecule has 1 aromatic carbocycles. The van der Waals surface area contributed by atoms with Crippen molar-refractivity contribution in [3.63, 3.8) is 0 Å². The zero-order valence-electron chi connectivity index (χ0n) is 19.0. The van der Waals surface area contributed by atoms with Gasteiger partial charge in [-0.15, -0.1) is 0 Å². The first-order valence-electron chi connectivity index (χ1n) is 10.6. The number of phenolic OH excluding ortho intramolecular Hbond substituents is 1. The molecule has 0 fully saturated rings. The topological polar surface area (TPSA) is 251 Å². The normalized spacial score (nSPS) is 13.9. The number of aromatic hydroxyl groups is 1. The fourth-order valence-electron chi connectivity index (χ4n) is 2.92. The molecule has 0 saturated heterocycles. The molecule has 198 valence electrons. The average Bonchev–Trinajstić information content (AvgIpc) is 2.79. The van der Waals surface area contributed by atoms with Crippen LogP contribution in [0.1, 0.15) is 24.8 Å². The number of rotatable bonds is 15. The Labute approximate surface area is 211 Å². The third kappa shape index (κ3) is 10.6. The summed E-state index contributed by atoms with van der Waals surface area (Å²) in [4.78, 5) is 71.5. The number of phenols is 1. The fourth-order valence-corrected chi connectivity index (χ4v) is 3.17. The zero-order valence-corrected chi connectivity index (χ0v) is 19.9. The number of nitrogens with one attached hydrogen (secondary N) is 3. The number of amides is 4. The Morgan fingerprint density at radius 2 is 1.39 bits per heavy atom. The first-order chi connectivity index (χ1) is 16.8. The summed E-state index contributed by atoms with van der Waals surface area (Å²) in [7, 11) is 0. The highest BCUT2D eigenvalue weighted by Crippen LogP contribution is 2.12. The maximum Gasteiger partial charge on any atom is 0.327 e. The van der Waals surface area contributed by atoms with Crippen LogP contribution in [-0.4, -0.2) is 80.8 Å². The molecule has 14 nitrogen and oxygen atoms in total. The molecular weight excluding hydrogens is 498 g/mol. The lowest BCUT2D eigenvalue weighted by Crippen LogP contribution is -2.58. The van der Waals surface area contributed by atoms with Crippen LogP contribution in [0.25, 0.3) is 0 Å². The maximum atomic E-state index is 13.1. The number of carboxylic acids is 2. The van der Waals surface area contributed by atoms with E-state index >= 15 is 0 Å². The summed E-state index contributed by atoms with van der Waals surface area (Å²) < 4.78 is 0. The second kappa shape index (κ2) is 14.5. The molecule has 0 radical (unpaired) electrons. The summed E-state index contributed by atoms with van der Waals surface area (Å²) in [6.45, 7) is 0. The van der Waals surface area contributed by atoms with Crippen molar-refractivity contribution in [1.29, 1.82) is 0 Å². The Morgan fingerprint density at radius 3 is 1.89 bits per heavy atom. The molecule has 4 unspecified atom stereocenters. The predicted octanol–water partition coefficient (Wildman–Crippen LogP) is -2.53. The number of carbonyl (C=O) groups is 6. The number of benzene rings is 1. The quantitative estimate of drug-likeness (QED) is 0.108. The van der Waals surface area contributed by atoms with Crippen molar-refractivity contribution in [3.05, 3.63) is 29.8 Å². The SMILES string of the molecule is NC(=O)CCC(NC(=O)C(Cc1ccc(O)cc1)NC(=O)C(N)CC(=O)O)C(=O)NC(CS)C(=O)O. The van der Waals surface area contributed by atoms with Gasteiger partial charge in [-0.3, -0.25) is 24.0 Å². The fraction of sp³-hybridized carbons (Fsp3) is 0.429. The lowest BCUT2D eigenvalue weighted by molar-refractivity contribution is -0.141. The lowest BCUT2D eigenvalue weighted by Gasteiger charge is -2.25. The smallest absolute Gasteiger partial charge is 0.327 e. The number of aliphatic carboxylic acids is 2. The number of carboxylic acid groups (broad SMARTS) is 2. The van der Waals surface area contributed by atoms with Gasteiger partial charge in [0.15, 0.2) is 0 Å². The molecule has 4 atom stereocenters. The minimum Gasteiger partial charge on any atom is -0.508 e. The molecule has 10 N–H and O–H groups in total. The van der Waals surface area contributed by atoms with Gasteiger partial charge in [-0.05, 0) is 24.1 Å². The summed E-state index contributed by atoms with van der Waals surface area (Å²) >= 11 is 3.85. The number of thiol groups is 1. The van der Waals surface area contributed by atoms with E-state index in [4.69, 9.17) is 21.7 Å². The highest BCUT2D eigenvalue weighted by Gasteiger charge is 2.30.